The maximum Gasteiger partial charge on any atom is 0.226 e. The molecule has 31 heavy (non-hydrogen) atoms. The van der Waals surface area contributed by atoms with Crippen LogP contribution in [0.1, 0.15) is 50.6 Å². The monoisotopic (exact) mass is 480 g/mol. The minimum Gasteiger partial charge on any atom is -0.315 e. The lowest BCUT2D eigenvalue weighted by Gasteiger charge is -2.23. The molecule has 1 aromatic carbocycles. The number of carbonyl (C=O) groups excluding carboxylic acids is 1. The van der Waals surface area contributed by atoms with E-state index < -0.39 is 11.0 Å². The van der Waals surface area contributed by atoms with E-state index in [-0.39, 0.29) is 11.9 Å². The predicted octanol–water partition coefficient (Wildman–Crippen LogP) is 4.65. The molecule has 9 heteroatoms. The Bertz CT molecular complexity index is 953. The Morgan fingerprint density at radius 1 is 1.29 bits per heavy atom. The highest BCUT2D eigenvalue weighted by Gasteiger charge is 2.21. The summed E-state index contributed by atoms with van der Waals surface area (Å²) in [5, 5.41) is 7.37. The smallest absolute Gasteiger partial charge is 0.226 e. The first kappa shape index (κ1) is 22.9. The standard InChI is InChI=1S/C22H29ClN4O2S2/c1-14-21(30-22(25-14)26-20(28)11-15-5-2-3-6-15)16-8-9-18(23)19(12-16)31(29)27-17-7-4-10-24-13-17/h8-9,12,15,17,24,27H,2-7,10-11,13H2,1H3,(H,25,26,28). The summed E-state index contributed by atoms with van der Waals surface area (Å²) in [6.45, 7) is 3.74. The third kappa shape index (κ3) is 5.93. The number of piperidine rings is 1. The molecule has 0 bridgehead atoms. The van der Waals surface area contributed by atoms with E-state index in [9.17, 15) is 9.00 Å². The van der Waals surface area contributed by atoms with E-state index >= 15 is 0 Å². The van der Waals surface area contributed by atoms with Crippen LogP contribution in [-0.4, -0.2) is 34.2 Å². The van der Waals surface area contributed by atoms with Gasteiger partial charge in [-0.15, -0.1) is 0 Å². The van der Waals surface area contributed by atoms with Gasteiger partial charge in [-0.05, 0) is 62.8 Å². The topological polar surface area (TPSA) is 83.1 Å². The molecule has 2 aromatic rings. The van der Waals surface area contributed by atoms with Gasteiger partial charge < -0.3 is 10.6 Å². The van der Waals surface area contributed by atoms with Gasteiger partial charge in [-0.1, -0.05) is 41.8 Å². The quantitative estimate of drug-likeness (QED) is 0.538. The summed E-state index contributed by atoms with van der Waals surface area (Å²) in [5.41, 5.74) is 1.74. The van der Waals surface area contributed by atoms with E-state index in [4.69, 9.17) is 11.6 Å². The lowest BCUT2D eigenvalue weighted by atomic mass is 10.0. The highest BCUT2D eigenvalue weighted by atomic mass is 35.5. The van der Waals surface area contributed by atoms with E-state index in [1.807, 2.05) is 19.1 Å². The van der Waals surface area contributed by atoms with Gasteiger partial charge in [0.2, 0.25) is 5.91 Å². The zero-order valence-electron chi connectivity index (χ0n) is 17.7. The Balaban J connectivity index is 1.46. The normalized spacial score (nSPS) is 20.6. The van der Waals surface area contributed by atoms with Gasteiger partial charge >= 0.3 is 0 Å². The first-order valence-corrected chi connectivity index (χ1v) is 13.3. The second-order valence-corrected chi connectivity index (χ2v) is 11.0. The number of hydrogen-bond donors (Lipinski definition) is 3. The lowest BCUT2D eigenvalue weighted by molar-refractivity contribution is -0.117. The summed E-state index contributed by atoms with van der Waals surface area (Å²) in [6.07, 6.45) is 7.37. The maximum absolute atomic E-state index is 12.9. The third-order valence-corrected chi connectivity index (χ3v) is 8.80. The number of amides is 1. The van der Waals surface area contributed by atoms with E-state index in [2.05, 4.69) is 20.3 Å². The Labute approximate surface area is 195 Å². The van der Waals surface area contributed by atoms with Gasteiger partial charge in [0, 0.05) is 19.0 Å². The van der Waals surface area contributed by atoms with Crippen molar-refractivity contribution in [2.75, 3.05) is 18.4 Å². The summed E-state index contributed by atoms with van der Waals surface area (Å²) in [4.78, 5) is 18.5. The average Bonchev–Trinajstić information content (AvgIpc) is 3.38. The molecular formula is C22H29ClN4O2S2. The number of rotatable bonds is 7. The second kappa shape index (κ2) is 10.5. The zero-order valence-corrected chi connectivity index (χ0v) is 20.1. The number of nitrogens with one attached hydrogen (secondary N) is 3. The van der Waals surface area contributed by atoms with Crippen LogP contribution in [0.4, 0.5) is 5.13 Å². The van der Waals surface area contributed by atoms with Crippen LogP contribution >= 0.6 is 22.9 Å². The van der Waals surface area contributed by atoms with Gasteiger partial charge in [-0.2, -0.15) is 0 Å². The van der Waals surface area contributed by atoms with E-state index in [0.29, 0.717) is 27.4 Å². The number of nitrogens with zero attached hydrogens (tertiary/aromatic N) is 1. The van der Waals surface area contributed by atoms with Gasteiger partial charge in [-0.3, -0.25) is 4.79 Å². The van der Waals surface area contributed by atoms with Crippen LogP contribution in [0.25, 0.3) is 10.4 Å². The van der Waals surface area contributed by atoms with Crippen molar-refractivity contribution in [3.05, 3.63) is 28.9 Å². The number of thiazole rings is 1. The molecule has 1 aliphatic heterocycles. The zero-order chi connectivity index (χ0) is 21.8. The molecule has 2 aliphatic rings. The molecule has 2 atom stereocenters. The molecule has 1 amide bonds. The molecule has 3 N–H and O–H groups in total. The minimum absolute atomic E-state index is 0.0374. The Morgan fingerprint density at radius 2 is 2.10 bits per heavy atom. The summed E-state index contributed by atoms with van der Waals surface area (Å²) >= 11 is 7.82. The van der Waals surface area contributed by atoms with Crippen LogP contribution in [0.3, 0.4) is 0 Å². The fourth-order valence-corrected chi connectivity index (χ4v) is 6.74. The first-order chi connectivity index (χ1) is 15.0. The molecule has 6 nitrogen and oxygen atoms in total. The van der Waals surface area contributed by atoms with Crippen LogP contribution < -0.4 is 15.4 Å². The average molecular weight is 481 g/mol. The first-order valence-electron chi connectivity index (χ1n) is 11.0. The van der Waals surface area contributed by atoms with E-state index in [1.165, 1.54) is 24.2 Å². The molecule has 2 heterocycles. The lowest BCUT2D eigenvalue weighted by Crippen LogP contribution is -2.43. The molecular weight excluding hydrogens is 452 g/mol. The number of aromatic nitrogens is 1. The largest absolute Gasteiger partial charge is 0.315 e. The van der Waals surface area contributed by atoms with Crippen molar-refractivity contribution in [2.24, 2.45) is 5.92 Å². The van der Waals surface area contributed by atoms with Crippen molar-refractivity contribution >= 4 is 45.0 Å². The van der Waals surface area contributed by atoms with Crippen LogP contribution in [0.2, 0.25) is 5.02 Å². The van der Waals surface area contributed by atoms with Crippen LogP contribution in [-0.2, 0) is 15.8 Å². The molecule has 0 radical (unpaired) electrons. The number of hydrogen-bond acceptors (Lipinski definition) is 5. The fraction of sp³-hybridized carbons (Fsp3) is 0.545. The van der Waals surface area contributed by atoms with Gasteiger partial charge in [0.15, 0.2) is 5.13 Å². The van der Waals surface area contributed by atoms with Crippen molar-refractivity contribution in [2.45, 2.75) is 62.8 Å². The summed E-state index contributed by atoms with van der Waals surface area (Å²) in [6, 6.07) is 5.73. The Hall–Kier alpha value is -1.32. The van der Waals surface area contributed by atoms with Crippen LogP contribution in [0, 0.1) is 12.8 Å². The highest BCUT2D eigenvalue weighted by Crippen LogP contribution is 2.36. The molecule has 1 aromatic heterocycles. The fourth-order valence-electron chi connectivity index (χ4n) is 4.32. The van der Waals surface area contributed by atoms with E-state index in [0.717, 1.165) is 54.9 Å². The van der Waals surface area contributed by atoms with Crippen molar-refractivity contribution in [1.29, 1.82) is 0 Å². The summed E-state index contributed by atoms with van der Waals surface area (Å²) < 4.78 is 16.1. The Morgan fingerprint density at radius 3 is 2.84 bits per heavy atom. The van der Waals surface area contributed by atoms with Crippen molar-refractivity contribution in [3.63, 3.8) is 0 Å². The summed E-state index contributed by atoms with van der Waals surface area (Å²) in [7, 11) is -1.40. The van der Waals surface area contributed by atoms with Gasteiger partial charge in [0.05, 0.1) is 20.5 Å². The molecule has 1 saturated heterocycles. The molecule has 168 valence electrons. The van der Waals surface area contributed by atoms with E-state index in [1.54, 1.807) is 6.07 Å². The van der Waals surface area contributed by atoms with Crippen molar-refractivity contribution in [1.82, 2.24) is 15.0 Å². The third-order valence-electron chi connectivity index (χ3n) is 5.96. The SMILES string of the molecule is Cc1nc(NC(=O)CC2CCCC2)sc1-c1ccc(Cl)c(S(=O)NC2CCCNC2)c1. The summed E-state index contributed by atoms with van der Waals surface area (Å²) in [5.74, 6) is 0.539. The predicted molar refractivity (Wildman–Crippen MR) is 128 cm³/mol. The number of benzene rings is 1. The van der Waals surface area contributed by atoms with Crippen LogP contribution in [0.5, 0.6) is 0 Å². The maximum atomic E-state index is 12.9. The molecule has 0 spiro atoms. The molecule has 1 aliphatic carbocycles. The van der Waals surface area contributed by atoms with Gasteiger partial charge in [0.1, 0.15) is 11.0 Å². The van der Waals surface area contributed by atoms with Crippen molar-refractivity contribution in [3.8, 4) is 10.4 Å². The van der Waals surface area contributed by atoms with Crippen molar-refractivity contribution < 1.29 is 9.00 Å². The highest BCUT2D eigenvalue weighted by molar-refractivity contribution is 7.83. The Kier molecular flexibility index (Phi) is 7.77. The number of carbonyl (C=O) groups is 1. The van der Waals surface area contributed by atoms with Gasteiger partial charge in [0.25, 0.3) is 0 Å². The van der Waals surface area contributed by atoms with Crippen LogP contribution in [0.15, 0.2) is 23.1 Å². The van der Waals surface area contributed by atoms with Gasteiger partial charge in [-0.25, -0.2) is 13.9 Å². The molecule has 4 rings (SSSR count). The number of halogens is 1. The number of anilines is 1. The minimum atomic E-state index is -1.40. The molecule has 2 unspecified atom stereocenters. The number of aryl methyl sites for hydroxylation is 1. The second-order valence-electron chi connectivity index (χ2n) is 8.41. The molecule has 1 saturated carbocycles. The molecule has 2 fully saturated rings.